The fraction of sp³-hybridized carbons (Fsp3) is 0.433. The number of ether oxygens (including phenoxy) is 2. The van der Waals surface area contributed by atoms with Crippen molar-refractivity contribution in [2.45, 2.75) is 63.9 Å². The molecule has 2 aromatic heterocycles. The van der Waals surface area contributed by atoms with Crippen LogP contribution in [0.5, 0.6) is 0 Å². The average molecular weight is 610 g/mol. The number of aliphatic hydroxyl groups is 2. The molecule has 2 amide bonds. The minimum atomic E-state index is -1.99. The van der Waals surface area contributed by atoms with Gasteiger partial charge in [0.25, 0.3) is 5.56 Å². The summed E-state index contributed by atoms with van der Waals surface area (Å²) in [7, 11) is 0. The van der Waals surface area contributed by atoms with Crippen molar-refractivity contribution in [3.05, 3.63) is 61.7 Å². The molecule has 232 valence electrons. The van der Waals surface area contributed by atoms with Crippen LogP contribution in [0.25, 0.3) is 22.3 Å². The van der Waals surface area contributed by atoms with E-state index < -0.39 is 53.5 Å². The van der Waals surface area contributed by atoms with Crippen molar-refractivity contribution in [3.8, 4) is 11.4 Å². The van der Waals surface area contributed by atoms with E-state index in [0.717, 1.165) is 5.56 Å². The van der Waals surface area contributed by atoms with Gasteiger partial charge in [0.2, 0.25) is 11.8 Å². The van der Waals surface area contributed by atoms with Gasteiger partial charge in [0, 0.05) is 22.6 Å². The highest BCUT2D eigenvalue weighted by molar-refractivity contribution is 5.94. The topological polar surface area (TPSA) is 195 Å². The van der Waals surface area contributed by atoms with Gasteiger partial charge in [-0.1, -0.05) is 6.92 Å². The minimum absolute atomic E-state index is 0.00702. The van der Waals surface area contributed by atoms with Crippen LogP contribution < -0.4 is 21.9 Å². The zero-order valence-electron chi connectivity index (χ0n) is 24.2. The second-order valence-corrected chi connectivity index (χ2v) is 11.3. The number of nitrogens with zero attached hydrogens (tertiary/aromatic N) is 2. The van der Waals surface area contributed by atoms with Gasteiger partial charge in [-0.2, -0.15) is 0 Å². The Morgan fingerprint density at radius 1 is 1.30 bits per heavy atom. The van der Waals surface area contributed by atoms with Crippen molar-refractivity contribution in [2.24, 2.45) is 5.73 Å². The number of nitrogens with two attached hydrogens (primary N) is 1. The third-order valence-corrected chi connectivity index (χ3v) is 8.83. The molecule has 3 aliphatic rings. The predicted molar refractivity (Wildman–Crippen MR) is 152 cm³/mol. The SMILES string of the molecule is CC[C@@]1(O)C(=O)OCc2c1cc1n(c2=O)Cc2c-1nc1cc(F)c(C)c3c1c2[C@@H](NC(=O)COCNC(=O)[C@@H](N)CO)CC3. The van der Waals surface area contributed by atoms with Crippen molar-refractivity contribution in [2.75, 3.05) is 19.9 Å². The number of pyridine rings is 2. The van der Waals surface area contributed by atoms with E-state index in [9.17, 15) is 24.3 Å². The average Bonchev–Trinajstić information content (AvgIpc) is 3.38. The summed E-state index contributed by atoms with van der Waals surface area (Å²) in [5.41, 5.74) is 7.15. The first-order valence-electron chi connectivity index (χ1n) is 14.3. The maximum Gasteiger partial charge on any atom is 0.343 e. The molecule has 44 heavy (non-hydrogen) atoms. The van der Waals surface area contributed by atoms with E-state index in [1.165, 1.54) is 10.6 Å². The molecule has 0 saturated carbocycles. The summed E-state index contributed by atoms with van der Waals surface area (Å²) >= 11 is 0. The first-order valence-corrected chi connectivity index (χ1v) is 14.3. The van der Waals surface area contributed by atoms with Crippen molar-refractivity contribution in [1.29, 1.82) is 0 Å². The Bertz CT molecular complexity index is 1810. The molecule has 1 aliphatic carbocycles. The van der Waals surface area contributed by atoms with E-state index in [2.05, 4.69) is 10.6 Å². The number of aromatic nitrogens is 2. The van der Waals surface area contributed by atoms with Crippen LogP contribution in [0.2, 0.25) is 0 Å². The number of carbonyl (C=O) groups is 3. The third kappa shape index (κ3) is 4.56. The molecule has 0 fully saturated rings. The molecule has 14 heteroatoms. The van der Waals surface area contributed by atoms with Gasteiger partial charge in [0.05, 0.1) is 41.7 Å². The number of benzene rings is 1. The fourth-order valence-corrected chi connectivity index (χ4v) is 6.41. The number of halogens is 1. The quantitative estimate of drug-likeness (QED) is 0.103. The summed E-state index contributed by atoms with van der Waals surface area (Å²) in [6, 6.07) is 1.29. The van der Waals surface area contributed by atoms with E-state index in [0.29, 0.717) is 51.8 Å². The molecule has 3 atom stereocenters. The van der Waals surface area contributed by atoms with Crippen LogP contribution in [0, 0.1) is 12.7 Å². The normalized spacial score (nSPS) is 20.4. The number of hydrogen-bond acceptors (Lipinski definition) is 10. The number of rotatable bonds is 8. The van der Waals surface area contributed by atoms with Crippen molar-refractivity contribution >= 4 is 28.7 Å². The Kier molecular flexibility index (Phi) is 7.48. The van der Waals surface area contributed by atoms with Crippen LogP contribution in [-0.4, -0.2) is 63.5 Å². The molecule has 4 heterocycles. The lowest BCUT2D eigenvalue weighted by Gasteiger charge is -2.31. The molecule has 3 aromatic rings. The molecule has 13 nitrogen and oxygen atoms in total. The number of hydrogen-bond donors (Lipinski definition) is 5. The maximum absolute atomic E-state index is 15.1. The molecule has 0 bridgehead atoms. The van der Waals surface area contributed by atoms with E-state index in [-0.39, 0.29) is 44.0 Å². The van der Waals surface area contributed by atoms with Gasteiger partial charge in [-0.3, -0.25) is 14.4 Å². The van der Waals surface area contributed by atoms with Crippen LogP contribution in [0.1, 0.15) is 59.2 Å². The fourth-order valence-electron chi connectivity index (χ4n) is 6.41. The first kappa shape index (κ1) is 29.8. The van der Waals surface area contributed by atoms with E-state index >= 15 is 4.39 Å². The minimum Gasteiger partial charge on any atom is -0.458 e. The van der Waals surface area contributed by atoms with Gasteiger partial charge < -0.3 is 40.6 Å². The summed E-state index contributed by atoms with van der Waals surface area (Å²) in [5.74, 6) is -2.35. The van der Waals surface area contributed by atoms with Gasteiger partial charge >= 0.3 is 5.97 Å². The molecular formula is C30H32FN5O8. The van der Waals surface area contributed by atoms with Gasteiger partial charge in [0.15, 0.2) is 5.60 Å². The number of aryl methyl sites for hydroxylation is 1. The molecule has 0 saturated heterocycles. The molecular weight excluding hydrogens is 577 g/mol. The molecule has 0 unspecified atom stereocenters. The summed E-state index contributed by atoms with van der Waals surface area (Å²) in [4.78, 5) is 55.7. The Balaban J connectivity index is 1.39. The van der Waals surface area contributed by atoms with Gasteiger partial charge in [-0.15, -0.1) is 0 Å². The van der Waals surface area contributed by atoms with Crippen molar-refractivity contribution in [3.63, 3.8) is 0 Å². The molecule has 2 aliphatic heterocycles. The first-order chi connectivity index (χ1) is 21.0. The predicted octanol–water partition coefficient (Wildman–Crippen LogP) is 0.0405. The second-order valence-electron chi connectivity index (χ2n) is 11.3. The zero-order valence-corrected chi connectivity index (χ0v) is 24.2. The highest BCUT2D eigenvalue weighted by Gasteiger charge is 2.46. The van der Waals surface area contributed by atoms with Crippen LogP contribution in [0.3, 0.4) is 0 Å². The molecule has 6 N–H and O–H groups in total. The molecule has 6 rings (SSSR count). The van der Waals surface area contributed by atoms with Crippen LogP contribution >= 0.6 is 0 Å². The maximum atomic E-state index is 15.1. The summed E-state index contributed by atoms with van der Waals surface area (Å²) in [6.45, 7) is 1.95. The van der Waals surface area contributed by atoms with Crippen molar-refractivity contribution in [1.82, 2.24) is 20.2 Å². The second kappa shape index (κ2) is 11.0. The Hall–Kier alpha value is -4.24. The Morgan fingerprint density at radius 3 is 2.80 bits per heavy atom. The van der Waals surface area contributed by atoms with Crippen LogP contribution in [0.4, 0.5) is 4.39 Å². The number of nitrogens with one attached hydrogen (secondary N) is 2. The number of esters is 1. The molecule has 1 aromatic carbocycles. The zero-order chi connectivity index (χ0) is 31.5. The lowest BCUT2D eigenvalue weighted by molar-refractivity contribution is -0.172. The van der Waals surface area contributed by atoms with Gasteiger partial charge in [-0.05, 0) is 48.9 Å². The van der Waals surface area contributed by atoms with Gasteiger partial charge in [0.1, 0.15) is 31.8 Å². The van der Waals surface area contributed by atoms with E-state index in [1.54, 1.807) is 19.9 Å². The number of aliphatic hydroxyl groups excluding tert-OH is 1. The molecule has 0 radical (unpaired) electrons. The van der Waals surface area contributed by atoms with Crippen LogP contribution in [0.15, 0.2) is 16.9 Å². The smallest absolute Gasteiger partial charge is 0.343 e. The van der Waals surface area contributed by atoms with E-state index in [1.807, 2.05) is 0 Å². The number of cyclic esters (lactones) is 1. The van der Waals surface area contributed by atoms with Crippen LogP contribution in [-0.2, 0) is 49.0 Å². The summed E-state index contributed by atoms with van der Waals surface area (Å²) in [6.07, 6.45) is 0.905. The summed E-state index contributed by atoms with van der Waals surface area (Å²) < 4.78 is 27.0. The number of amides is 2. The highest BCUT2D eigenvalue weighted by Crippen LogP contribution is 2.45. The summed E-state index contributed by atoms with van der Waals surface area (Å²) in [5, 5.41) is 26.2. The lowest BCUT2D eigenvalue weighted by atomic mass is 9.81. The number of fused-ring (bicyclic) bond motifs is 5. The monoisotopic (exact) mass is 609 g/mol. The van der Waals surface area contributed by atoms with Crippen molar-refractivity contribution < 1.29 is 38.5 Å². The standard InChI is InChI=1S/C30H32FN5O8/c1-3-30(42)17-6-22-26-15(8-36(22)28(40)16(17)10-44-29(30)41)25-20(34-23(38)11-43-12-33-27(39)19(32)9-37)5-4-14-13(2)18(31)7-21(35-26)24(14)25/h6-7,19-20,37,42H,3-5,8-12,32H2,1-2H3,(H,33,39)(H,34,38)/t19-,20-,30-/m0/s1. The largest absolute Gasteiger partial charge is 0.458 e. The molecule has 0 spiro atoms. The van der Waals surface area contributed by atoms with E-state index in [4.69, 9.17) is 25.3 Å². The number of carbonyl (C=O) groups excluding carboxylic acids is 3. The highest BCUT2D eigenvalue weighted by atomic mass is 19.1. The lowest BCUT2D eigenvalue weighted by Crippen LogP contribution is -2.44. The Labute approximate surface area is 250 Å². The Morgan fingerprint density at radius 2 is 2.07 bits per heavy atom. The van der Waals surface area contributed by atoms with Gasteiger partial charge in [-0.25, -0.2) is 14.2 Å². The third-order valence-electron chi connectivity index (χ3n) is 8.83.